The number of ether oxygens (including phenoxy) is 2. The number of carbonyl (C=O) groups is 1. The van der Waals surface area contributed by atoms with Gasteiger partial charge in [-0.1, -0.05) is 13.8 Å². The van der Waals surface area contributed by atoms with E-state index in [1.54, 1.807) is 0 Å². The Morgan fingerprint density at radius 1 is 1.57 bits per heavy atom. The van der Waals surface area contributed by atoms with E-state index >= 15 is 0 Å². The molecule has 0 aliphatic carbocycles. The molecule has 1 heterocycles. The molecular weight excluding hydrogens is 182 g/mol. The number of nitrogens with zero attached hydrogens (tertiary/aromatic N) is 1. The fourth-order valence-electron chi connectivity index (χ4n) is 1.26. The average Bonchev–Trinajstić information content (AvgIpc) is 2.21. The van der Waals surface area contributed by atoms with Gasteiger partial charge in [-0.3, -0.25) is 4.79 Å². The molecule has 1 rings (SSSR count). The summed E-state index contributed by atoms with van der Waals surface area (Å²) in [5, 5.41) is 0. The van der Waals surface area contributed by atoms with Gasteiger partial charge in [-0.05, 0) is 7.05 Å². The maximum Gasteiger partial charge on any atom is 0.308 e. The van der Waals surface area contributed by atoms with Crippen LogP contribution in [-0.2, 0) is 14.3 Å². The zero-order chi connectivity index (χ0) is 11.0. The van der Waals surface area contributed by atoms with Gasteiger partial charge in [-0.15, -0.1) is 0 Å². The minimum absolute atomic E-state index is 0.0104. The van der Waals surface area contributed by atoms with Gasteiger partial charge in [0.15, 0.2) is 0 Å². The molecule has 0 amide bonds. The van der Waals surface area contributed by atoms with Crippen LogP contribution in [0.4, 0.5) is 0 Å². The van der Waals surface area contributed by atoms with Crippen LogP contribution in [0, 0.1) is 0 Å². The van der Waals surface area contributed by atoms with Crippen molar-refractivity contribution in [3.8, 4) is 0 Å². The number of carbonyl (C=O) groups excluding carboxylic acids is 1. The zero-order valence-corrected chi connectivity index (χ0v) is 9.58. The Morgan fingerprint density at radius 2 is 2.21 bits per heavy atom. The molecule has 1 saturated heterocycles. The van der Waals surface area contributed by atoms with Crippen LogP contribution in [0.3, 0.4) is 0 Å². The van der Waals surface area contributed by atoms with E-state index in [0.29, 0.717) is 13.0 Å². The second-order valence-corrected chi connectivity index (χ2v) is 3.04. The van der Waals surface area contributed by atoms with Gasteiger partial charge in [0.25, 0.3) is 0 Å². The predicted octanol–water partition coefficient (Wildman–Crippen LogP) is 0.906. The van der Waals surface area contributed by atoms with Crippen LogP contribution < -0.4 is 0 Å². The van der Waals surface area contributed by atoms with E-state index in [1.807, 2.05) is 20.9 Å². The van der Waals surface area contributed by atoms with Gasteiger partial charge in [0.05, 0.1) is 26.2 Å². The Kier molecular flexibility index (Phi) is 7.42. The van der Waals surface area contributed by atoms with E-state index in [0.717, 1.165) is 13.1 Å². The number of esters is 1. The highest BCUT2D eigenvalue weighted by molar-refractivity contribution is 5.69. The maximum atomic E-state index is 10.9. The van der Waals surface area contributed by atoms with Gasteiger partial charge in [0, 0.05) is 13.1 Å². The standard InChI is InChI=1S/C8H15NO3.C2H6/c1-9-3-4-12-7(6-9)5-8(10)11-2;1-2/h7H,3-6H2,1-2H3;1-2H3. The Hall–Kier alpha value is -0.610. The van der Waals surface area contributed by atoms with Crippen molar-refractivity contribution in [1.82, 2.24) is 4.90 Å². The molecular formula is C10H21NO3. The minimum atomic E-state index is -0.199. The quantitative estimate of drug-likeness (QED) is 0.625. The smallest absolute Gasteiger partial charge is 0.308 e. The van der Waals surface area contributed by atoms with E-state index in [1.165, 1.54) is 7.11 Å². The van der Waals surface area contributed by atoms with Crippen molar-refractivity contribution in [3.63, 3.8) is 0 Å². The summed E-state index contributed by atoms with van der Waals surface area (Å²) in [4.78, 5) is 13.0. The molecule has 0 spiro atoms. The van der Waals surface area contributed by atoms with Gasteiger partial charge in [0.1, 0.15) is 0 Å². The third kappa shape index (κ3) is 5.19. The monoisotopic (exact) mass is 203 g/mol. The molecule has 1 aliphatic rings. The first-order valence-corrected chi connectivity index (χ1v) is 5.09. The molecule has 0 aromatic rings. The topological polar surface area (TPSA) is 38.8 Å². The largest absolute Gasteiger partial charge is 0.469 e. The number of rotatable bonds is 2. The van der Waals surface area contributed by atoms with Crippen LogP contribution in [-0.4, -0.2) is 50.8 Å². The van der Waals surface area contributed by atoms with Gasteiger partial charge in [-0.2, -0.15) is 0 Å². The number of hydrogen-bond acceptors (Lipinski definition) is 4. The molecule has 84 valence electrons. The summed E-state index contributed by atoms with van der Waals surface area (Å²) >= 11 is 0. The van der Waals surface area contributed by atoms with E-state index in [9.17, 15) is 4.79 Å². The Labute approximate surface area is 86.2 Å². The highest BCUT2D eigenvalue weighted by Gasteiger charge is 2.20. The SMILES string of the molecule is CC.COC(=O)CC1CN(C)CCO1. The fourth-order valence-corrected chi connectivity index (χ4v) is 1.26. The normalized spacial score (nSPS) is 22.1. The molecule has 0 N–H and O–H groups in total. The maximum absolute atomic E-state index is 10.9. The van der Waals surface area contributed by atoms with Gasteiger partial charge >= 0.3 is 5.97 Å². The minimum Gasteiger partial charge on any atom is -0.469 e. The lowest BCUT2D eigenvalue weighted by Crippen LogP contribution is -2.41. The third-order valence-electron chi connectivity index (χ3n) is 1.96. The first-order valence-electron chi connectivity index (χ1n) is 5.09. The van der Waals surface area contributed by atoms with Crippen LogP contribution in [0.15, 0.2) is 0 Å². The second-order valence-electron chi connectivity index (χ2n) is 3.04. The molecule has 0 radical (unpaired) electrons. The number of morpholine rings is 1. The highest BCUT2D eigenvalue weighted by atomic mass is 16.5. The Balaban J connectivity index is 0.000000791. The molecule has 0 aromatic heterocycles. The van der Waals surface area contributed by atoms with Crippen LogP contribution >= 0.6 is 0 Å². The van der Waals surface area contributed by atoms with E-state index in [4.69, 9.17) is 4.74 Å². The van der Waals surface area contributed by atoms with Gasteiger partial charge in [0.2, 0.25) is 0 Å². The second kappa shape index (κ2) is 7.76. The summed E-state index contributed by atoms with van der Waals surface area (Å²) in [5.74, 6) is -0.199. The predicted molar refractivity (Wildman–Crippen MR) is 55.2 cm³/mol. The summed E-state index contributed by atoms with van der Waals surface area (Å²) in [7, 11) is 3.42. The van der Waals surface area contributed by atoms with Gasteiger partial charge in [-0.25, -0.2) is 0 Å². The number of methoxy groups -OCH3 is 1. The van der Waals surface area contributed by atoms with Crippen molar-refractivity contribution < 1.29 is 14.3 Å². The Morgan fingerprint density at radius 3 is 2.71 bits per heavy atom. The summed E-state index contributed by atoms with van der Waals surface area (Å²) in [6, 6.07) is 0. The van der Waals surface area contributed by atoms with Gasteiger partial charge < -0.3 is 14.4 Å². The fraction of sp³-hybridized carbons (Fsp3) is 0.900. The van der Waals surface area contributed by atoms with E-state index in [2.05, 4.69) is 9.64 Å². The molecule has 0 bridgehead atoms. The molecule has 1 fully saturated rings. The van der Waals surface area contributed by atoms with Crippen molar-refractivity contribution in [2.24, 2.45) is 0 Å². The molecule has 1 atom stereocenters. The summed E-state index contributed by atoms with van der Waals surface area (Å²) in [5.41, 5.74) is 0. The highest BCUT2D eigenvalue weighted by Crippen LogP contribution is 2.07. The van der Waals surface area contributed by atoms with Crippen molar-refractivity contribution in [3.05, 3.63) is 0 Å². The summed E-state index contributed by atoms with van der Waals surface area (Å²) < 4.78 is 9.93. The van der Waals surface area contributed by atoms with Crippen molar-refractivity contribution >= 4 is 5.97 Å². The number of hydrogen-bond donors (Lipinski definition) is 0. The molecule has 4 nitrogen and oxygen atoms in total. The molecule has 4 heteroatoms. The molecule has 0 aromatic carbocycles. The third-order valence-corrected chi connectivity index (χ3v) is 1.96. The zero-order valence-electron chi connectivity index (χ0n) is 9.58. The van der Waals surface area contributed by atoms with Crippen molar-refractivity contribution in [1.29, 1.82) is 0 Å². The van der Waals surface area contributed by atoms with Crippen LogP contribution in [0.5, 0.6) is 0 Å². The first-order chi connectivity index (χ1) is 6.72. The Bertz CT molecular complexity index is 161. The van der Waals surface area contributed by atoms with Crippen molar-refractivity contribution in [2.45, 2.75) is 26.4 Å². The lowest BCUT2D eigenvalue weighted by Gasteiger charge is -2.29. The lowest BCUT2D eigenvalue weighted by atomic mass is 10.2. The molecule has 1 unspecified atom stereocenters. The summed E-state index contributed by atoms with van der Waals surface area (Å²) in [6.07, 6.45) is 0.372. The van der Waals surface area contributed by atoms with Crippen molar-refractivity contribution in [2.75, 3.05) is 33.9 Å². The van der Waals surface area contributed by atoms with Crippen LogP contribution in [0.25, 0.3) is 0 Å². The van der Waals surface area contributed by atoms with Crippen LogP contribution in [0.1, 0.15) is 20.3 Å². The molecule has 0 saturated carbocycles. The molecule has 1 aliphatic heterocycles. The first kappa shape index (κ1) is 13.4. The van der Waals surface area contributed by atoms with E-state index in [-0.39, 0.29) is 12.1 Å². The van der Waals surface area contributed by atoms with Crippen LogP contribution in [0.2, 0.25) is 0 Å². The number of likely N-dealkylation sites (N-methyl/N-ethyl adjacent to an activating group) is 1. The summed E-state index contributed by atoms with van der Waals surface area (Å²) in [6.45, 7) is 6.46. The van der Waals surface area contributed by atoms with E-state index < -0.39 is 0 Å². The average molecular weight is 203 g/mol. The molecule has 14 heavy (non-hydrogen) atoms. The lowest BCUT2D eigenvalue weighted by molar-refractivity contribution is -0.145.